The summed E-state index contributed by atoms with van der Waals surface area (Å²) < 4.78 is 0. The van der Waals surface area contributed by atoms with E-state index in [0.717, 1.165) is 0 Å². The summed E-state index contributed by atoms with van der Waals surface area (Å²) in [5.74, 6) is 2.11. The molecule has 0 aromatic carbocycles. The molecular weight excluding hydrogens is 222 g/mol. The molecule has 0 unspecified atom stereocenters. The van der Waals surface area contributed by atoms with Gasteiger partial charge in [0, 0.05) is 12.0 Å². The Morgan fingerprint density at radius 1 is 0.889 bits per heavy atom. The van der Waals surface area contributed by atoms with Crippen LogP contribution in [0.5, 0.6) is 0 Å². The molecule has 0 aromatic heterocycles. The SMILES string of the molecule is O=C(NC1CCCCC1)C1[C@H]2CC/C=C\CC[C@H]12. The fraction of sp³-hybridized carbons (Fsp3) is 0.812. The maximum absolute atomic E-state index is 12.3. The van der Waals surface area contributed by atoms with Crippen LogP contribution in [-0.4, -0.2) is 11.9 Å². The lowest BCUT2D eigenvalue weighted by Gasteiger charge is -2.22. The van der Waals surface area contributed by atoms with Crippen LogP contribution in [0.1, 0.15) is 57.8 Å². The van der Waals surface area contributed by atoms with E-state index in [1.54, 1.807) is 0 Å². The quantitative estimate of drug-likeness (QED) is 0.744. The Balaban J connectivity index is 1.51. The minimum absolute atomic E-state index is 0.354. The van der Waals surface area contributed by atoms with Crippen molar-refractivity contribution < 1.29 is 4.79 Å². The average molecular weight is 247 g/mol. The predicted octanol–water partition coefficient (Wildman–Crippen LogP) is 3.43. The smallest absolute Gasteiger partial charge is 0.223 e. The summed E-state index contributed by atoms with van der Waals surface area (Å²) in [5, 5.41) is 3.32. The van der Waals surface area contributed by atoms with Crippen molar-refractivity contribution in [2.45, 2.75) is 63.8 Å². The van der Waals surface area contributed by atoms with E-state index in [9.17, 15) is 4.79 Å². The summed E-state index contributed by atoms with van der Waals surface area (Å²) in [5.41, 5.74) is 0. The molecule has 0 spiro atoms. The first kappa shape index (κ1) is 12.3. The minimum atomic E-state index is 0.354. The van der Waals surface area contributed by atoms with E-state index in [2.05, 4.69) is 17.5 Å². The highest BCUT2D eigenvalue weighted by Gasteiger charge is 2.53. The van der Waals surface area contributed by atoms with E-state index in [4.69, 9.17) is 0 Å². The molecule has 1 N–H and O–H groups in total. The standard InChI is InChI=1S/C16H25NO/c18-16(17-12-8-4-3-5-9-12)15-13-10-6-1-2-7-11-14(13)15/h1-2,12-15H,3-11H2,(H,17,18)/b2-1-/t13-,14-/m0/s1. The zero-order valence-electron chi connectivity index (χ0n) is 11.2. The van der Waals surface area contributed by atoms with Crippen molar-refractivity contribution in [1.82, 2.24) is 5.32 Å². The minimum Gasteiger partial charge on any atom is -0.353 e. The summed E-state index contributed by atoms with van der Waals surface area (Å²) in [7, 11) is 0. The van der Waals surface area contributed by atoms with Gasteiger partial charge in [0.2, 0.25) is 5.91 Å². The molecule has 0 bridgehead atoms. The van der Waals surface area contributed by atoms with Crippen molar-refractivity contribution >= 4 is 5.91 Å². The molecule has 0 aromatic rings. The number of fused-ring (bicyclic) bond motifs is 1. The van der Waals surface area contributed by atoms with Gasteiger partial charge in [-0.25, -0.2) is 0 Å². The Morgan fingerprint density at radius 2 is 1.50 bits per heavy atom. The van der Waals surface area contributed by atoms with Gasteiger partial charge in [0.25, 0.3) is 0 Å². The normalized spacial score (nSPS) is 38.1. The number of allylic oxidation sites excluding steroid dienone is 2. The van der Waals surface area contributed by atoms with Gasteiger partial charge in [0.05, 0.1) is 0 Å². The van der Waals surface area contributed by atoms with Gasteiger partial charge in [-0.15, -0.1) is 0 Å². The third-order valence-corrected chi connectivity index (χ3v) is 5.09. The van der Waals surface area contributed by atoms with Crippen LogP contribution in [0.2, 0.25) is 0 Å². The summed E-state index contributed by atoms with van der Waals surface area (Å²) >= 11 is 0. The number of hydrogen-bond acceptors (Lipinski definition) is 1. The molecule has 2 nitrogen and oxygen atoms in total. The topological polar surface area (TPSA) is 29.1 Å². The Kier molecular flexibility index (Phi) is 3.72. The zero-order valence-corrected chi connectivity index (χ0v) is 11.2. The van der Waals surface area contributed by atoms with Crippen LogP contribution in [0.15, 0.2) is 12.2 Å². The van der Waals surface area contributed by atoms with E-state index < -0.39 is 0 Å². The molecule has 2 atom stereocenters. The number of carbonyl (C=O) groups is 1. The van der Waals surface area contributed by atoms with Crippen LogP contribution in [0, 0.1) is 17.8 Å². The van der Waals surface area contributed by atoms with Crippen molar-refractivity contribution in [1.29, 1.82) is 0 Å². The van der Waals surface area contributed by atoms with Crippen molar-refractivity contribution in [3.8, 4) is 0 Å². The van der Waals surface area contributed by atoms with E-state index in [1.165, 1.54) is 57.8 Å². The lowest BCUT2D eigenvalue weighted by Crippen LogP contribution is -2.37. The van der Waals surface area contributed by atoms with E-state index in [-0.39, 0.29) is 0 Å². The van der Waals surface area contributed by atoms with Gasteiger partial charge in [0.15, 0.2) is 0 Å². The van der Waals surface area contributed by atoms with Crippen LogP contribution in [0.25, 0.3) is 0 Å². The van der Waals surface area contributed by atoms with Crippen LogP contribution in [0.4, 0.5) is 0 Å². The van der Waals surface area contributed by atoms with Crippen molar-refractivity contribution in [3.63, 3.8) is 0 Å². The number of rotatable bonds is 2. The van der Waals surface area contributed by atoms with Crippen LogP contribution >= 0.6 is 0 Å². The average Bonchev–Trinajstić information content (AvgIpc) is 3.02. The van der Waals surface area contributed by atoms with Gasteiger partial charge in [0.1, 0.15) is 0 Å². The molecule has 2 heteroatoms. The van der Waals surface area contributed by atoms with Gasteiger partial charge in [-0.2, -0.15) is 0 Å². The summed E-state index contributed by atoms with van der Waals surface area (Å²) in [6, 6.07) is 0.483. The Hall–Kier alpha value is -0.790. The molecule has 3 aliphatic rings. The molecule has 0 saturated heterocycles. The largest absolute Gasteiger partial charge is 0.353 e. The molecule has 3 rings (SSSR count). The lowest BCUT2D eigenvalue weighted by molar-refractivity contribution is -0.123. The molecular formula is C16H25NO. The molecule has 0 radical (unpaired) electrons. The third kappa shape index (κ3) is 2.62. The van der Waals surface area contributed by atoms with E-state index >= 15 is 0 Å². The molecule has 3 aliphatic carbocycles. The molecule has 0 aliphatic heterocycles. The molecule has 2 saturated carbocycles. The Labute approximate surface area is 110 Å². The summed E-state index contributed by atoms with van der Waals surface area (Å²) in [4.78, 5) is 12.3. The monoisotopic (exact) mass is 247 g/mol. The number of nitrogens with one attached hydrogen (secondary N) is 1. The lowest BCUT2D eigenvalue weighted by atomic mass is 9.95. The fourth-order valence-corrected chi connectivity index (χ4v) is 3.98. The van der Waals surface area contributed by atoms with Crippen LogP contribution < -0.4 is 5.32 Å². The van der Waals surface area contributed by atoms with Gasteiger partial charge in [-0.1, -0.05) is 31.4 Å². The number of amides is 1. The zero-order chi connectivity index (χ0) is 12.4. The van der Waals surface area contributed by atoms with E-state index in [0.29, 0.717) is 29.7 Å². The van der Waals surface area contributed by atoms with Gasteiger partial charge in [-0.3, -0.25) is 4.79 Å². The first-order chi connectivity index (χ1) is 8.86. The number of carbonyl (C=O) groups excluding carboxylic acids is 1. The molecule has 1 amide bonds. The second-order valence-electron chi connectivity index (χ2n) is 6.32. The number of hydrogen-bond donors (Lipinski definition) is 1. The first-order valence-electron chi connectivity index (χ1n) is 7.81. The van der Waals surface area contributed by atoms with Crippen LogP contribution in [-0.2, 0) is 4.79 Å². The molecule has 0 heterocycles. The highest BCUT2D eigenvalue weighted by molar-refractivity contribution is 5.82. The van der Waals surface area contributed by atoms with Gasteiger partial charge in [-0.05, 0) is 50.4 Å². The van der Waals surface area contributed by atoms with Crippen LogP contribution in [0.3, 0.4) is 0 Å². The highest BCUT2D eigenvalue weighted by Crippen LogP contribution is 2.52. The fourth-order valence-electron chi connectivity index (χ4n) is 3.98. The maximum Gasteiger partial charge on any atom is 0.223 e. The van der Waals surface area contributed by atoms with E-state index in [1.807, 2.05) is 0 Å². The summed E-state index contributed by atoms with van der Waals surface area (Å²) in [6.45, 7) is 0. The van der Waals surface area contributed by atoms with Crippen molar-refractivity contribution in [3.05, 3.63) is 12.2 Å². The summed E-state index contributed by atoms with van der Waals surface area (Å²) in [6.07, 6.45) is 15.8. The predicted molar refractivity (Wildman–Crippen MR) is 73.1 cm³/mol. The Bertz CT molecular complexity index is 314. The third-order valence-electron chi connectivity index (χ3n) is 5.09. The second-order valence-corrected chi connectivity index (χ2v) is 6.32. The van der Waals surface area contributed by atoms with Gasteiger partial charge >= 0.3 is 0 Å². The highest BCUT2D eigenvalue weighted by atomic mass is 16.2. The van der Waals surface area contributed by atoms with Gasteiger partial charge < -0.3 is 5.32 Å². The second kappa shape index (κ2) is 5.46. The Morgan fingerprint density at radius 3 is 2.11 bits per heavy atom. The molecule has 18 heavy (non-hydrogen) atoms. The van der Waals surface area contributed by atoms with Crippen molar-refractivity contribution in [2.24, 2.45) is 17.8 Å². The molecule has 2 fully saturated rings. The molecule has 100 valence electrons. The first-order valence-corrected chi connectivity index (χ1v) is 7.81. The van der Waals surface area contributed by atoms with Crippen molar-refractivity contribution in [2.75, 3.05) is 0 Å². The maximum atomic E-state index is 12.3.